The highest BCUT2D eigenvalue weighted by Crippen LogP contribution is 2.21. The number of rotatable bonds is 4. The molecule has 0 aliphatic rings. The smallest absolute Gasteiger partial charge is 0.237 e. The number of nitrogens with one attached hydrogen (secondary N) is 1. The summed E-state index contributed by atoms with van der Waals surface area (Å²) in [6.45, 7) is 5.86. The van der Waals surface area contributed by atoms with E-state index in [1.165, 1.54) is 0 Å². The van der Waals surface area contributed by atoms with Crippen LogP contribution in [-0.2, 0) is 4.79 Å². The van der Waals surface area contributed by atoms with Gasteiger partial charge in [-0.2, -0.15) is 0 Å². The predicted octanol–water partition coefficient (Wildman–Crippen LogP) is 2.66. The lowest BCUT2D eigenvalue weighted by atomic mass is 10.1. The molecule has 3 N–H and O–H groups in total. The van der Waals surface area contributed by atoms with Crippen molar-refractivity contribution in [2.75, 3.05) is 16.8 Å². The Labute approximate surface area is 101 Å². The van der Waals surface area contributed by atoms with Crippen molar-refractivity contribution in [3.8, 4) is 0 Å². The van der Waals surface area contributed by atoms with Gasteiger partial charge in [-0.05, 0) is 37.3 Å². The van der Waals surface area contributed by atoms with E-state index in [2.05, 4.69) is 5.32 Å². The molecule has 0 saturated heterocycles. The predicted molar refractivity (Wildman–Crippen MR) is 71.8 cm³/mol. The average molecular weight is 238 g/mol. The summed E-state index contributed by atoms with van der Waals surface area (Å²) in [4.78, 5) is 11.8. The number of hydrogen-bond acceptors (Lipinski definition) is 3. The lowest BCUT2D eigenvalue weighted by Gasteiger charge is -2.13. The van der Waals surface area contributed by atoms with Gasteiger partial charge in [0, 0.05) is 11.4 Å². The van der Waals surface area contributed by atoms with Gasteiger partial charge in [0.05, 0.1) is 5.25 Å². The number of benzene rings is 1. The minimum Gasteiger partial charge on any atom is -0.398 e. The highest BCUT2D eigenvalue weighted by molar-refractivity contribution is 8.00. The van der Waals surface area contributed by atoms with E-state index in [1.54, 1.807) is 11.8 Å². The van der Waals surface area contributed by atoms with Crippen LogP contribution in [0, 0.1) is 6.92 Å². The minimum absolute atomic E-state index is 0.0283. The zero-order valence-corrected chi connectivity index (χ0v) is 10.7. The molecule has 88 valence electrons. The zero-order valence-electron chi connectivity index (χ0n) is 9.91. The summed E-state index contributed by atoms with van der Waals surface area (Å²) in [6, 6.07) is 5.54. The van der Waals surface area contributed by atoms with Crippen LogP contribution in [0.4, 0.5) is 11.4 Å². The van der Waals surface area contributed by atoms with Crippen LogP contribution in [0.25, 0.3) is 0 Å². The molecule has 1 amide bonds. The number of hydrogen-bond donors (Lipinski definition) is 2. The van der Waals surface area contributed by atoms with Crippen molar-refractivity contribution < 1.29 is 4.79 Å². The second-order valence-corrected chi connectivity index (χ2v) is 5.22. The van der Waals surface area contributed by atoms with E-state index < -0.39 is 0 Å². The Morgan fingerprint density at radius 2 is 2.25 bits per heavy atom. The number of anilines is 2. The molecular weight excluding hydrogens is 220 g/mol. The van der Waals surface area contributed by atoms with Crippen molar-refractivity contribution in [3.05, 3.63) is 23.8 Å². The molecule has 1 aromatic carbocycles. The highest BCUT2D eigenvalue weighted by Gasteiger charge is 2.13. The van der Waals surface area contributed by atoms with Gasteiger partial charge in [0.15, 0.2) is 0 Å². The number of thioether (sulfide) groups is 1. The fourth-order valence-corrected chi connectivity index (χ4v) is 2.06. The summed E-state index contributed by atoms with van der Waals surface area (Å²) >= 11 is 1.63. The summed E-state index contributed by atoms with van der Waals surface area (Å²) in [5.74, 6) is 0.963. The molecule has 0 aliphatic carbocycles. The molecular formula is C12H18N2OS. The molecule has 4 heteroatoms. The van der Waals surface area contributed by atoms with Crippen molar-refractivity contribution in [2.45, 2.75) is 26.0 Å². The third kappa shape index (κ3) is 3.17. The molecule has 1 aromatic rings. The number of amides is 1. The number of carbonyl (C=O) groups is 1. The summed E-state index contributed by atoms with van der Waals surface area (Å²) in [6.07, 6.45) is 0. The first-order valence-electron chi connectivity index (χ1n) is 5.33. The van der Waals surface area contributed by atoms with Crippen molar-refractivity contribution in [1.29, 1.82) is 0 Å². The second-order valence-electron chi connectivity index (χ2n) is 3.61. The van der Waals surface area contributed by atoms with Gasteiger partial charge in [-0.25, -0.2) is 0 Å². The third-order valence-corrected chi connectivity index (χ3v) is 3.47. The molecule has 0 fully saturated rings. The molecule has 0 saturated carbocycles. The van der Waals surface area contributed by atoms with Gasteiger partial charge in [0.2, 0.25) is 5.91 Å². The van der Waals surface area contributed by atoms with E-state index in [1.807, 2.05) is 39.0 Å². The Bertz CT molecular complexity index is 379. The largest absolute Gasteiger partial charge is 0.398 e. The fraction of sp³-hybridized carbons (Fsp3) is 0.417. The van der Waals surface area contributed by atoms with Crippen LogP contribution < -0.4 is 11.1 Å². The topological polar surface area (TPSA) is 55.1 Å². The van der Waals surface area contributed by atoms with Crippen LogP contribution in [0.3, 0.4) is 0 Å². The molecule has 16 heavy (non-hydrogen) atoms. The van der Waals surface area contributed by atoms with Gasteiger partial charge in [-0.3, -0.25) is 4.79 Å². The first-order valence-corrected chi connectivity index (χ1v) is 6.38. The fourth-order valence-electron chi connectivity index (χ4n) is 1.35. The lowest BCUT2D eigenvalue weighted by Crippen LogP contribution is -2.23. The van der Waals surface area contributed by atoms with Crippen LogP contribution in [0.2, 0.25) is 0 Å². The maximum Gasteiger partial charge on any atom is 0.237 e. The van der Waals surface area contributed by atoms with Crippen LogP contribution in [0.1, 0.15) is 19.4 Å². The van der Waals surface area contributed by atoms with Gasteiger partial charge in [0.1, 0.15) is 0 Å². The van der Waals surface area contributed by atoms with E-state index in [-0.39, 0.29) is 11.2 Å². The second kappa shape index (κ2) is 5.80. The minimum atomic E-state index is -0.0363. The first kappa shape index (κ1) is 12.9. The van der Waals surface area contributed by atoms with Crippen LogP contribution in [0.5, 0.6) is 0 Å². The molecule has 0 radical (unpaired) electrons. The van der Waals surface area contributed by atoms with Crippen molar-refractivity contribution in [1.82, 2.24) is 0 Å². The Morgan fingerprint density at radius 3 is 2.88 bits per heavy atom. The standard InChI is InChI=1S/C12H18N2OS/c1-4-16-9(3)12(15)14-11-7-5-6-10(13)8(11)2/h5-7,9H,4,13H2,1-3H3,(H,14,15). The van der Waals surface area contributed by atoms with E-state index >= 15 is 0 Å². The number of carbonyl (C=O) groups excluding carboxylic acids is 1. The summed E-state index contributed by atoms with van der Waals surface area (Å²) in [5, 5.41) is 2.86. The molecule has 1 unspecified atom stereocenters. The SMILES string of the molecule is CCSC(C)C(=O)Nc1cccc(N)c1C. The molecule has 0 spiro atoms. The van der Waals surface area contributed by atoms with Gasteiger partial charge >= 0.3 is 0 Å². The highest BCUT2D eigenvalue weighted by atomic mass is 32.2. The molecule has 1 atom stereocenters. The average Bonchev–Trinajstić information content (AvgIpc) is 2.25. The summed E-state index contributed by atoms with van der Waals surface area (Å²) in [7, 11) is 0. The monoisotopic (exact) mass is 238 g/mol. The Morgan fingerprint density at radius 1 is 1.56 bits per heavy atom. The normalized spacial score (nSPS) is 12.2. The number of nitrogen functional groups attached to an aromatic ring is 1. The van der Waals surface area contributed by atoms with Crippen molar-refractivity contribution in [2.24, 2.45) is 0 Å². The van der Waals surface area contributed by atoms with E-state index in [0.29, 0.717) is 5.69 Å². The summed E-state index contributed by atoms with van der Waals surface area (Å²) < 4.78 is 0. The molecule has 0 aliphatic heterocycles. The molecule has 3 nitrogen and oxygen atoms in total. The van der Waals surface area contributed by atoms with Crippen LogP contribution >= 0.6 is 11.8 Å². The number of nitrogens with two attached hydrogens (primary N) is 1. The quantitative estimate of drug-likeness (QED) is 0.793. The zero-order chi connectivity index (χ0) is 12.1. The van der Waals surface area contributed by atoms with Gasteiger partial charge in [-0.15, -0.1) is 11.8 Å². The van der Waals surface area contributed by atoms with E-state index in [4.69, 9.17) is 5.73 Å². The lowest BCUT2D eigenvalue weighted by molar-refractivity contribution is -0.115. The Kier molecular flexibility index (Phi) is 4.68. The maximum atomic E-state index is 11.8. The first-order chi connectivity index (χ1) is 7.56. The Balaban J connectivity index is 2.73. The van der Waals surface area contributed by atoms with Crippen molar-refractivity contribution >= 4 is 29.0 Å². The Hall–Kier alpha value is -1.16. The van der Waals surface area contributed by atoms with E-state index in [9.17, 15) is 4.79 Å². The molecule has 0 aromatic heterocycles. The van der Waals surface area contributed by atoms with Gasteiger partial charge < -0.3 is 11.1 Å². The van der Waals surface area contributed by atoms with Crippen LogP contribution in [-0.4, -0.2) is 16.9 Å². The third-order valence-electron chi connectivity index (χ3n) is 2.42. The summed E-state index contributed by atoms with van der Waals surface area (Å²) in [5.41, 5.74) is 8.20. The van der Waals surface area contributed by atoms with E-state index in [0.717, 1.165) is 17.0 Å². The van der Waals surface area contributed by atoms with Crippen molar-refractivity contribution in [3.63, 3.8) is 0 Å². The molecule has 1 rings (SSSR count). The molecule has 0 bridgehead atoms. The van der Waals surface area contributed by atoms with Gasteiger partial charge in [0.25, 0.3) is 0 Å². The van der Waals surface area contributed by atoms with Gasteiger partial charge in [-0.1, -0.05) is 13.0 Å². The van der Waals surface area contributed by atoms with Crippen LogP contribution in [0.15, 0.2) is 18.2 Å². The maximum absolute atomic E-state index is 11.8. The molecule has 0 heterocycles.